The minimum Gasteiger partial charge on any atom is -0.395 e. The molecule has 1 N–H and O–H groups in total. The number of carbonyl (C=O) groups is 1. The summed E-state index contributed by atoms with van der Waals surface area (Å²) in [5.74, 6) is 0.875. The fourth-order valence-corrected chi connectivity index (χ4v) is 2.74. The van der Waals surface area contributed by atoms with Gasteiger partial charge in [0.15, 0.2) is 0 Å². The molecule has 0 spiro atoms. The molecule has 92 valence electrons. The van der Waals surface area contributed by atoms with Crippen molar-refractivity contribution in [2.75, 3.05) is 32.9 Å². The van der Waals surface area contributed by atoms with E-state index in [9.17, 15) is 9.90 Å². The molecule has 0 aromatic heterocycles. The summed E-state index contributed by atoms with van der Waals surface area (Å²) in [5.41, 5.74) is 0. The molecule has 0 amide bonds. The lowest BCUT2D eigenvalue weighted by Crippen LogP contribution is -2.43. The zero-order chi connectivity index (χ0) is 11.5. The van der Waals surface area contributed by atoms with Gasteiger partial charge in [-0.15, -0.1) is 0 Å². The van der Waals surface area contributed by atoms with Gasteiger partial charge in [0.05, 0.1) is 25.7 Å². The number of ketones is 1. The Balaban J connectivity index is 1.90. The van der Waals surface area contributed by atoms with Crippen LogP contribution in [0, 0.1) is 11.8 Å². The molecular weight excluding hydrogens is 206 g/mol. The zero-order valence-electron chi connectivity index (χ0n) is 9.89. The SMILES string of the molecule is CC1CCN(CC2COCCC2=O)C1CO. The number of aliphatic hydroxyl groups is 1. The van der Waals surface area contributed by atoms with Crippen molar-refractivity contribution in [1.82, 2.24) is 4.90 Å². The second-order valence-corrected chi connectivity index (χ2v) is 5.00. The third kappa shape index (κ3) is 2.44. The highest BCUT2D eigenvalue weighted by molar-refractivity contribution is 5.82. The van der Waals surface area contributed by atoms with Gasteiger partial charge in [-0.3, -0.25) is 9.69 Å². The van der Waals surface area contributed by atoms with Gasteiger partial charge >= 0.3 is 0 Å². The van der Waals surface area contributed by atoms with Gasteiger partial charge in [0.1, 0.15) is 5.78 Å². The van der Waals surface area contributed by atoms with E-state index in [1.54, 1.807) is 0 Å². The van der Waals surface area contributed by atoms with Crippen LogP contribution in [-0.2, 0) is 9.53 Å². The Bertz CT molecular complexity index is 257. The number of aliphatic hydroxyl groups excluding tert-OH is 1. The van der Waals surface area contributed by atoms with Crippen molar-refractivity contribution in [2.24, 2.45) is 11.8 Å². The van der Waals surface area contributed by atoms with Gasteiger partial charge in [0.2, 0.25) is 0 Å². The van der Waals surface area contributed by atoms with Gasteiger partial charge in [-0.1, -0.05) is 6.92 Å². The molecule has 2 aliphatic heterocycles. The Morgan fingerprint density at radius 3 is 3.06 bits per heavy atom. The number of ether oxygens (including phenoxy) is 1. The molecule has 16 heavy (non-hydrogen) atoms. The van der Waals surface area contributed by atoms with Crippen molar-refractivity contribution in [2.45, 2.75) is 25.8 Å². The number of hydrogen-bond acceptors (Lipinski definition) is 4. The first-order valence-corrected chi connectivity index (χ1v) is 6.17. The predicted octanol–water partition coefficient (Wildman–Crippen LogP) is 0.295. The average molecular weight is 227 g/mol. The number of rotatable bonds is 3. The molecule has 0 bridgehead atoms. The highest BCUT2D eigenvalue weighted by Crippen LogP contribution is 2.25. The summed E-state index contributed by atoms with van der Waals surface area (Å²) in [6.45, 7) is 5.25. The molecule has 0 saturated carbocycles. The van der Waals surface area contributed by atoms with Crippen LogP contribution in [0.2, 0.25) is 0 Å². The van der Waals surface area contributed by atoms with Gasteiger partial charge in [-0.25, -0.2) is 0 Å². The normalized spacial score (nSPS) is 36.9. The van der Waals surface area contributed by atoms with Crippen LogP contribution in [0.25, 0.3) is 0 Å². The quantitative estimate of drug-likeness (QED) is 0.753. The minimum absolute atomic E-state index is 0.0214. The van der Waals surface area contributed by atoms with Crippen molar-refractivity contribution in [3.8, 4) is 0 Å². The summed E-state index contributed by atoms with van der Waals surface area (Å²) in [4.78, 5) is 13.9. The van der Waals surface area contributed by atoms with Crippen molar-refractivity contribution in [3.63, 3.8) is 0 Å². The van der Waals surface area contributed by atoms with E-state index in [2.05, 4.69) is 11.8 Å². The molecule has 0 aliphatic carbocycles. The van der Waals surface area contributed by atoms with Crippen LogP contribution in [0.15, 0.2) is 0 Å². The van der Waals surface area contributed by atoms with Gasteiger partial charge in [0.25, 0.3) is 0 Å². The summed E-state index contributed by atoms with van der Waals surface area (Å²) >= 11 is 0. The molecule has 2 fully saturated rings. The minimum atomic E-state index is 0.0214. The monoisotopic (exact) mass is 227 g/mol. The topological polar surface area (TPSA) is 49.8 Å². The largest absolute Gasteiger partial charge is 0.395 e. The maximum Gasteiger partial charge on any atom is 0.141 e. The van der Waals surface area contributed by atoms with E-state index in [0.717, 1.165) is 19.5 Å². The first-order chi connectivity index (χ1) is 7.72. The molecule has 2 rings (SSSR count). The maximum atomic E-state index is 11.7. The lowest BCUT2D eigenvalue weighted by atomic mass is 9.99. The number of likely N-dealkylation sites (tertiary alicyclic amines) is 1. The number of Topliss-reactive ketones (excluding diaryl/α,β-unsaturated/α-hetero) is 1. The molecular formula is C12H21NO3. The molecule has 2 heterocycles. The molecule has 0 aromatic carbocycles. The molecule has 0 aromatic rings. The second-order valence-electron chi connectivity index (χ2n) is 5.00. The first kappa shape index (κ1) is 12.0. The Hall–Kier alpha value is -0.450. The molecule has 4 nitrogen and oxygen atoms in total. The molecule has 0 radical (unpaired) electrons. The van der Waals surface area contributed by atoms with Gasteiger partial charge in [-0.05, 0) is 18.9 Å². The first-order valence-electron chi connectivity index (χ1n) is 6.17. The highest BCUT2D eigenvalue weighted by atomic mass is 16.5. The summed E-state index contributed by atoms with van der Waals surface area (Å²) in [7, 11) is 0. The standard InChI is InChI=1S/C12H21NO3/c1-9-2-4-13(11(9)7-14)6-10-8-16-5-3-12(10)15/h9-11,14H,2-8H2,1H3. The second kappa shape index (κ2) is 5.25. The van der Waals surface area contributed by atoms with Gasteiger partial charge < -0.3 is 9.84 Å². The summed E-state index contributed by atoms with van der Waals surface area (Å²) in [6.07, 6.45) is 1.67. The average Bonchev–Trinajstić information content (AvgIpc) is 2.63. The smallest absolute Gasteiger partial charge is 0.141 e. The van der Waals surface area contributed by atoms with Crippen molar-refractivity contribution >= 4 is 5.78 Å². The van der Waals surface area contributed by atoms with Gasteiger partial charge in [0, 0.05) is 19.0 Å². The lowest BCUT2D eigenvalue weighted by Gasteiger charge is -2.30. The number of nitrogens with zero attached hydrogens (tertiary/aromatic N) is 1. The molecule has 3 unspecified atom stereocenters. The molecule has 4 heteroatoms. The van der Waals surface area contributed by atoms with Gasteiger partial charge in [-0.2, -0.15) is 0 Å². The Morgan fingerprint density at radius 2 is 2.38 bits per heavy atom. The fraction of sp³-hybridized carbons (Fsp3) is 0.917. The van der Waals surface area contributed by atoms with E-state index < -0.39 is 0 Å². The highest BCUT2D eigenvalue weighted by Gasteiger charge is 2.34. The van der Waals surface area contributed by atoms with Crippen molar-refractivity contribution in [3.05, 3.63) is 0 Å². The summed E-state index contributed by atoms with van der Waals surface area (Å²) in [6, 6.07) is 0.231. The van der Waals surface area contributed by atoms with Crippen molar-refractivity contribution in [1.29, 1.82) is 0 Å². The van der Waals surface area contributed by atoms with E-state index in [-0.39, 0.29) is 18.6 Å². The number of carbonyl (C=O) groups excluding carboxylic acids is 1. The summed E-state index contributed by atoms with van der Waals surface area (Å²) in [5, 5.41) is 9.34. The Labute approximate surface area is 96.6 Å². The van der Waals surface area contributed by atoms with Crippen LogP contribution in [0.3, 0.4) is 0 Å². The predicted molar refractivity (Wildman–Crippen MR) is 60.2 cm³/mol. The fourth-order valence-electron chi connectivity index (χ4n) is 2.74. The van der Waals surface area contributed by atoms with E-state index in [0.29, 0.717) is 31.3 Å². The van der Waals surface area contributed by atoms with E-state index in [1.165, 1.54) is 0 Å². The Kier molecular flexibility index (Phi) is 3.95. The maximum absolute atomic E-state index is 11.7. The molecule has 2 saturated heterocycles. The van der Waals surface area contributed by atoms with Crippen LogP contribution in [-0.4, -0.2) is 54.7 Å². The van der Waals surface area contributed by atoms with E-state index in [1.807, 2.05) is 0 Å². The lowest BCUT2D eigenvalue weighted by molar-refractivity contribution is -0.131. The van der Waals surface area contributed by atoms with Crippen LogP contribution in [0.1, 0.15) is 19.8 Å². The van der Waals surface area contributed by atoms with E-state index in [4.69, 9.17) is 4.74 Å². The van der Waals surface area contributed by atoms with E-state index >= 15 is 0 Å². The van der Waals surface area contributed by atoms with Crippen LogP contribution < -0.4 is 0 Å². The third-order valence-electron chi connectivity index (χ3n) is 3.91. The Morgan fingerprint density at radius 1 is 1.56 bits per heavy atom. The zero-order valence-corrected chi connectivity index (χ0v) is 9.89. The summed E-state index contributed by atoms with van der Waals surface area (Å²) < 4.78 is 5.35. The van der Waals surface area contributed by atoms with Crippen LogP contribution in [0.4, 0.5) is 0 Å². The molecule has 2 aliphatic rings. The van der Waals surface area contributed by atoms with Crippen molar-refractivity contribution < 1.29 is 14.6 Å². The van der Waals surface area contributed by atoms with Crippen LogP contribution in [0.5, 0.6) is 0 Å². The van der Waals surface area contributed by atoms with Crippen LogP contribution >= 0.6 is 0 Å². The number of hydrogen-bond donors (Lipinski definition) is 1. The molecule has 3 atom stereocenters. The third-order valence-corrected chi connectivity index (χ3v) is 3.91.